The van der Waals surface area contributed by atoms with E-state index in [1.165, 1.54) is 0 Å². The van der Waals surface area contributed by atoms with E-state index < -0.39 is 0 Å². The third-order valence-electron chi connectivity index (χ3n) is 3.76. The highest BCUT2D eigenvalue weighted by molar-refractivity contribution is 5.73. The van der Waals surface area contributed by atoms with E-state index in [0.717, 1.165) is 37.3 Å². The minimum Gasteiger partial charge on any atom is -0.398 e. The molecule has 0 radical (unpaired) electrons. The predicted molar refractivity (Wildman–Crippen MR) is 78.6 cm³/mol. The molecule has 0 atom stereocenters. The molecular formula is C14H19N5O. The molecule has 6 heteroatoms. The second kappa shape index (κ2) is 5.13. The van der Waals surface area contributed by atoms with Crippen molar-refractivity contribution in [3.63, 3.8) is 0 Å². The Hall–Kier alpha value is -2.08. The standard InChI is InChI=1S/C14H19N5O/c1-10-4-3-5-11(12(10)15)13-16-14(17-20-13)19-8-6-18(2)7-9-19/h3-5H,6-9,15H2,1-2H3. The summed E-state index contributed by atoms with van der Waals surface area (Å²) in [5.74, 6) is 1.13. The zero-order chi connectivity index (χ0) is 14.1. The van der Waals surface area contributed by atoms with Crippen molar-refractivity contribution in [3.8, 4) is 11.5 Å². The Balaban J connectivity index is 1.85. The largest absolute Gasteiger partial charge is 0.398 e. The van der Waals surface area contributed by atoms with E-state index in [4.69, 9.17) is 10.3 Å². The topological polar surface area (TPSA) is 71.4 Å². The van der Waals surface area contributed by atoms with Gasteiger partial charge >= 0.3 is 0 Å². The first-order chi connectivity index (χ1) is 9.65. The molecule has 1 aromatic heterocycles. The summed E-state index contributed by atoms with van der Waals surface area (Å²) >= 11 is 0. The fraction of sp³-hybridized carbons (Fsp3) is 0.429. The van der Waals surface area contributed by atoms with Gasteiger partial charge in [0.1, 0.15) is 0 Å². The molecule has 1 aliphatic heterocycles. The van der Waals surface area contributed by atoms with Gasteiger partial charge in [-0.25, -0.2) is 0 Å². The smallest absolute Gasteiger partial charge is 0.266 e. The molecule has 1 aromatic carbocycles. The van der Waals surface area contributed by atoms with E-state index >= 15 is 0 Å². The highest BCUT2D eigenvalue weighted by atomic mass is 16.5. The van der Waals surface area contributed by atoms with Gasteiger partial charge in [-0.05, 0) is 30.8 Å². The fourth-order valence-corrected chi connectivity index (χ4v) is 2.33. The number of nitrogen functional groups attached to an aromatic ring is 1. The van der Waals surface area contributed by atoms with Crippen LogP contribution in [-0.2, 0) is 0 Å². The minimum atomic E-state index is 0.486. The Labute approximate surface area is 118 Å². The molecule has 2 heterocycles. The van der Waals surface area contributed by atoms with E-state index in [1.54, 1.807) is 0 Å². The average molecular weight is 273 g/mol. The van der Waals surface area contributed by atoms with Crippen molar-refractivity contribution in [2.24, 2.45) is 0 Å². The van der Waals surface area contributed by atoms with Crippen LogP contribution < -0.4 is 10.6 Å². The van der Waals surface area contributed by atoms with E-state index in [1.807, 2.05) is 25.1 Å². The molecule has 3 rings (SSSR count). The van der Waals surface area contributed by atoms with Crippen LogP contribution in [0.25, 0.3) is 11.5 Å². The molecule has 2 aromatic rings. The van der Waals surface area contributed by atoms with Crippen molar-refractivity contribution in [3.05, 3.63) is 23.8 Å². The number of likely N-dealkylation sites (N-methyl/N-ethyl adjacent to an activating group) is 1. The van der Waals surface area contributed by atoms with Gasteiger partial charge in [-0.3, -0.25) is 0 Å². The van der Waals surface area contributed by atoms with Crippen LogP contribution >= 0.6 is 0 Å². The van der Waals surface area contributed by atoms with Gasteiger partial charge in [-0.1, -0.05) is 12.1 Å². The first-order valence-corrected chi connectivity index (χ1v) is 6.78. The molecular weight excluding hydrogens is 254 g/mol. The lowest BCUT2D eigenvalue weighted by molar-refractivity contribution is 0.309. The third kappa shape index (κ3) is 2.34. The number of para-hydroxylation sites is 1. The Morgan fingerprint density at radius 2 is 1.95 bits per heavy atom. The highest BCUT2D eigenvalue weighted by Crippen LogP contribution is 2.28. The summed E-state index contributed by atoms with van der Waals surface area (Å²) in [6, 6.07) is 5.82. The molecule has 0 spiro atoms. The zero-order valence-corrected chi connectivity index (χ0v) is 11.8. The van der Waals surface area contributed by atoms with Gasteiger partial charge in [0.05, 0.1) is 5.56 Å². The van der Waals surface area contributed by atoms with Crippen LogP contribution in [0, 0.1) is 6.92 Å². The molecule has 1 aliphatic rings. The Morgan fingerprint density at radius 1 is 1.20 bits per heavy atom. The average Bonchev–Trinajstić information content (AvgIpc) is 2.92. The maximum atomic E-state index is 6.07. The molecule has 1 saturated heterocycles. The Morgan fingerprint density at radius 3 is 2.70 bits per heavy atom. The number of nitrogens with two attached hydrogens (primary N) is 1. The quantitative estimate of drug-likeness (QED) is 0.833. The highest BCUT2D eigenvalue weighted by Gasteiger charge is 2.20. The number of rotatable bonds is 2. The van der Waals surface area contributed by atoms with Crippen LogP contribution in [0.2, 0.25) is 0 Å². The number of aromatic nitrogens is 2. The second-order valence-corrected chi connectivity index (χ2v) is 5.23. The number of nitrogens with zero attached hydrogens (tertiary/aromatic N) is 4. The van der Waals surface area contributed by atoms with Gasteiger partial charge in [-0.15, -0.1) is 0 Å². The molecule has 0 aliphatic carbocycles. The summed E-state index contributed by atoms with van der Waals surface area (Å²) < 4.78 is 5.37. The lowest BCUT2D eigenvalue weighted by Crippen LogP contribution is -2.44. The van der Waals surface area contributed by atoms with E-state index in [0.29, 0.717) is 17.5 Å². The molecule has 1 fully saturated rings. The first kappa shape index (κ1) is 12.9. The number of hydrogen-bond acceptors (Lipinski definition) is 6. The fourth-order valence-electron chi connectivity index (χ4n) is 2.33. The van der Waals surface area contributed by atoms with Crippen molar-refractivity contribution in [2.75, 3.05) is 43.9 Å². The predicted octanol–water partition coefficient (Wildman–Crippen LogP) is 1.38. The molecule has 2 N–H and O–H groups in total. The van der Waals surface area contributed by atoms with Crippen LogP contribution in [0.15, 0.2) is 22.7 Å². The van der Waals surface area contributed by atoms with Crippen molar-refractivity contribution < 1.29 is 4.52 Å². The van der Waals surface area contributed by atoms with Gasteiger partial charge in [0.2, 0.25) is 0 Å². The summed E-state index contributed by atoms with van der Waals surface area (Å²) in [5, 5.41) is 4.08. The SMILES string of the molecule is Cc1cccc(-c2nc(N3CCN(C)CC3)no2)c1N. The molecule has 106 valence electrons. The summed E-state index contributed by atoms with van der Waals surface area (Å²) in [7, 11) is 2.12. The van der Waals surface area contributed by atoms with Crippen molar-refractivity contribution in [2.45, 2.75) is 6.92 Å². The third-order valence-corrected chi connectivity index (χ3v) is 3.76. The first-order valence-electron chi connectivity index (χ1n) is 6.78. The summed E-state index contributed by atoms with van der Waals surface area (Å²) in [6.07, 6.45) is 0. The molecule has 0 bridgehead atoms. The van der Waals surface area contributed by atoms with Crippen LogP contribution in [-0.4, -0.2) is 48.3 Å². The van der Waals surface area contributed by atoms with Gasteiger partial charge in [0, 0.05) is 31.9 Å². The van der Waals surface area contributed by atoms with E-state index in [2.05, 4.69) is 27.0 Å². The van der Waals surface area contributed by atoms with Crippen molar-refractivity contribution in [1.82, 2.24) is 15.0 Å². The number of hydrogen-bond donors (Lipinski definition) is 1. The van der Waals surface area contributed by atoms with Gasteiger partial charge < -0.3 is 20.1 Å². The Bertz CT molecular complexity index is 601. The monoisotopic (exact) mass is 273 g/mol. The van der Waals surface area contributed by atoms with Gasteiger partial charge in [0.15, 0.2) is 0 Å². The number of anilines is 2. The number of piperazine rings is 1. The second-order valence-electron chi connectivity index (χ2n) is 5.23. The van der Waals surface area contributed by atoms with Crippen molar-refractivity contribution >= 4 is 11.6 Å². The summed E-state index contributed by atoms with van der Waals surface area (Å²) in [5.41, 5.74) is 8.59. The maximum Gasteiger partial charge on any atom is 0.266 e. The molecule has 20 heavy (non-hydrogen) atoms. The summed E-state index contributed by atoms with van der Waals surface area (Å²) in [4.78, 5) is 8.91. The summed E-state index contributed by atoms with van der Waals surface area (Å²) in [6.45, 7) is 5.82. The normalized spacial score (nSPS) is 16.6. The lowest BCUT2D eigenvalue weighted by atomic mass is 10.1. The molecule has 0 unspecified atom stereocenters. The lowest BCUT2D eigenvalue weighted by Gasteiger charge is -2.31. The van der Waals surface area contributed by atoms with E-state index in [-0.39, 0.29) is 0 Å². The zero-order valence-electron chi connectivity index (χ0n) is 11.8. The van der Waals surface area contributed by atoms with Gasteiger partial charge in [-0.2, -0.15) is 4.98 Å². The molecule has 6 nitrogen and oxygen atoms in total. The number of benzene rings is 1. The molecule has 0 amide bonds. The van der Waals surface area contributed by atoms with Crippen LogP contribution in [0.1, 0.15) is 5.56 Å². The van der Waals surface area contributed by atoms with Crippen molar-refractivity contribution in [1.29, 1.82) is 0 Å². The maximum absolute atomic E-state index is 6.07. The Kier molecular flexibility index (Phi) is 3.31. The van der Waals surface area contributed by atoms with Crippen LogP contribution in [0.3, 0.4) is 0 Å². The molecule has 0 saturated carbocycles. The van der Waals surface area contributed by atoms with Crippen LogP contribution in [0.4, 0.5) is 11.6 Å². The number of aryl methyl sites for hydroxylation is 1. The van der Waals surface area contributed by atoms with Crippen LogP contribution in [0.5, 0.6) is 0 Å². The van der Waals surface area contributed by atoms with E-state index in [9.17, 15) is 0 Å². The minimum absolute atomic E-state index is 0.486. The van der Waals surface area contributed by atoms with Gasteiger partial charge in [0.25, 0.3) is 11.8 Å².